The van der Waals surface area contributed by atoms with Crippen LogP contribution in [0.3, 0.4) is 0 Å². The van der Waals surface area contributed by atoms with E-state index < -0.39 is 0 Å². The van der Waals surface area contributed by atoms with E-state index in [1.165, 1.54) is 0 Å². The van der Waals surface area contributed by atoms with Crippen LogP contribution in [0.25, 0.3) is 0 Å². The summed E-state index contributed by atoms with van der Waals surface area (Å²) in [4.78, 5) is 12.0. The fourth-order valence-corrected chi connectivity index (χ4v) is 2.59. The molecule has 1 N–H and O–H groups in total. The number of rotatable bonds is 14. The second-order valence-corrected chi connectivity index (χ2v) is 6.07. The first-order valence-corrected chi connectivity index (χ1v) is 8.99. The molecule has 0 rings (SSSR count). The first-order valence-electron chi connectivity index (χ1n) is 8.99. The minimum Gasteiger partial charge on any atom is -0.462 e. The monoisotopic (exact) mass is 300 g/mol. The fourth-order valence-electron chi connectivity index (χ4n) is 2.59. The van der Waals surface area contributed by atoms with Crippen molar-refractivity contribution in [1.82, 2.24) is 0 Å². The number of unbranched alkanes of at least 4 members (excludes halogenated alkanes) is 5. The second kappa shape index (κ2) is 14.4. The Labute approximate surface area is 131 Å². The van der Waals surface area contributed by atoms with Gasteiger partial charge in [0.2, 0.25) is 0 Å². The summed E-state index contributed by atoms with van der Waals surface area (Å²) < 4.78 is 5.69. The summed E-state index contributed by atoms with van der Waals surface area (Å²) in [6.45, 7) is 6.58. The smallest absolute Gasteiger partial charge is 0.306 e. The molecule has 126 valence electrons. The van der Waals surface area contributed by atoms with E-state index in [9.17, 15) is 9.90 Å². The van der Waals surface area contributed by atoms with Crippen molar-refractivity contribution < 1.29 is 14.6 Å². The number of esters is 1. The van der Waals surface area contributed by atoms with Gasteiger partial charge in [-0.05, 0) is 25.7 Å². The van der Waals surface area contributed by atoms with Crippen LogP contribution in [0.5, 0.6) is 0 Å². The third kappa shape index (κ3) is 10.8. The zero-order chi connectivity index (χ0) is 15.9. The molecule has 0 bridgehead atoms. The van der Waals surface area contributed by atoms with Gasteiger partial charge in [0.05, 0.1) is 0 Å². The van der Waals surface area contributed by atoms with Crippen molar-refractivity contribution in [2.75, 3.05) is 6.61 Å². The van der Waals surface area contributed by atoms with Crippen molar-refractivity contribution >= 4 is 5.97 Å². The fraction of sp³-hybridized carbons (Fsp3) is 0.944. The number of hydrogen-bond donors (Lipinski definition) is 1. The van der Waals surface area contributed by atoms with Crippen LogP contribution in [0.15, 0.2) is 0 Å². The van der Waals surface area contributed by atoms with Crippen LogP contribution in [-0.4, -0.2) is 23.8 Å². The van der Waals surface area contributed by atoms with Gasteiger partial charge >= 0.3 is 5.97 Å². The van der Waals surface area contributed by atoms with Gasteiger partial charge in [-0.2, -0.15) is 0 Å². The van der Waals surface area contributed by atoms with Crippen LogP contribution in [0.4, 0.5) is 0 Å². The Hall–Kier alpha value is -0.570. The molecule has 0 aromatic heterocycles. The Morgan fingerprint density at radius 1 is 0.905 bits per heavy atom. The molecule has 0 aliphatic carbocycles. The van der Waals surface area contributed by atoms with Crippen molar-refractivity contribution in [1.29, 1.82) is 0 Å². The van der Waals surface area contributed by atoms with Gasteiger partial charge in [-0.1, -0.05) is 59.3 Å². The van der Waals surface area contributed by atoms with E-state index in [2.05, 4.69) is 20.8 Å². The molecular formula is C18H36O3. The minimum atomic E-state index is -0.0952. The highest BCUT2D eigenvalue weighted by molar-refractivity contribution is 5.69. The van der Waals surface area contributed by atoms with Crippen molar-refractivity contribution in [3.8, 4) is 0 Å². The lowest BCUT2D eigenvalue weighted by molar-refractivity contribution is -0.153. The molecule has 0 aromatic rings. The van der Waals surface area contributed by atoms with Gasteiger partial charge in [0.25, 0.3) is 0 Å². The van der Waals surface area contributed by atoms with Crippen LogP contribution in [0.2, 0.25) is 0 Å². The summed E-state index contributed by atoms with van der Waals surface area (Å²) in [6, 6.07) is 0. The molecule has 3 nitrogen and oxygen atoms in total. The van der Waals surface area contributed by atoms with E-state index in [-0.39, 0.29) is 24.6 Å². The summed E-state index contributed by atoms with van der Waals surface area (Å²) in [5.74, 6) is 0.0248. The maximum atomic E-state index is 12.0. The van der Waals surface area contributed by atoms with E-state index in [1.807, 2.05) is 0 Å². The maximum absolute atomic E-state index is 12.0. The summed E-state index contributed by atoms with van der Waals surface area (Å²) in [5.41, 5.74) is 0. The van der Waals surface area contributed by atoms with Crippen LogP contribution in [0, 0.1) is 5.92 Å². The van der Waals surface area contributed by atoms with E-state index in [4.69, 9.17) is 4.74 Å². The van der Waals surface area contributed by atoms with Crippen LogP contribution in [0.1, 0.15) is 91.4 Å². The average molecular weight is 300 g/mol. The Bertz CT molecular complexity index is 241. The van der Waals surface area contributed by atoms with Crippen molar-refractivity contribution in [2.24, 2.45) is 5.92 Å². The Morgan fingerprint density at radius 2 is 1.52 bits per heavy atom. The third-order valence-electron chi connectivity index (χ3n) is 4.05. The lowest BCUT2D eigenvalue weighted by atomic mass is 9.93. The second-order valence-electron chi connectivity index (χ2n) is 6.07. The third-order valence-corrected chi connectivity index (χ3v) is 4.05. The normalized spacial score (nSPS) is 13.9. The van der Waals surface area contributed by atoms with E-state index in [1.54, 1.807) is 0 Å². The van der Waals surface area contributed by atoms with E-state index in [0.29, 0.717) is 6.42 Å². The summed E-state index contributed by atoms with van der Waals surface area (Å²) in [7, 11) is 0. The number of ether oxygens (including phenoxy) is 1. The van der Waals surface area contributed by atoms with Crippen molar-refractivity contribution in [3.05, 3.63) is 0 Å². The Balaban J connectivity index is 4.36. The Morgan fingerprint density at radius 3 is 2.10 bits per heavy atom. The van der Waals surface area contributed by atoms with Crippen LogP contribution < -0.4 is 0 Å². The molecule has 0 saturated heterocycles. The molecule has 0 aromatic carbocycles. The largest absolute Gasteiger partial charge is 0.462 e. The molecule has 3 heteroatoms. The standard InChI is InChI=1S/C18H36O3/c1-4-7-10-13-17(16(15-19)12-9-6-3)21-18(20)14-11-8-5-2/h16-17,19H,4-15H2,1-3H3. The Kier molecular flexibility index (Phi) is 14.0. The molecular weight excluding hydrogens is 264 g/mol. The molecule has 0 aliphatic rings. The zero-order valence-corrected chi connectivity index (χ0v) is 14.4. The number of aliphatic hydroxyl groups is 1. The zero-order valence-electron chi connectivity index (χ0n) is 14.4. The molecule has 0 heterocycles. The van der Waals surface area contributed by atoms with Crippen molar-refractivity contribution in [2.45, 2.75) is 97.5 Å². The topological polar surface area (TPSA) is 46.5 Å². The van der Waals surface area contributed by atoms with E-state index >= 15 is 0 Å². The maximum Gasteiger partial charge on any atom is 0.306 e. The number of hydrogen-bond acceptors (Lipinski definition) is 3. The predicted molar refractivity (Wildman–Crippen MR) is 88.3 cm³/mol. The molecule has 0 amide bonds. The van der Waals surface area contributed by atoms with Gasteiger partial charge < -0.3 is 9.84 Å². The molecule has 0 radical (unpaired) electrons. The van der Waals surface area contributed by atoms with Gasteiger partial charge in [0.1, 0.15) is 6.10 Å². The average Bonchev–Trinajstić information content (AvgIpc) is 2.48. The van der Waals surface area contributed by atoms with Gasteiger partial charge in [-0.15, -0.1) is 0 Å². The quantitative estimate of drug-likeness (QED) is 0.368. The first-order chi connectivity index (χ1) is 10.2. The van der Waals surface area contributed by atoms with Gasteiger partial charge in [-0.25, -0.2) is 0 Å². The summed E-state index contributed by atoms with van der Waals surface area (Å²) >= 11 is 0. The van der Waals surface area contributed by atoms with Crippen LogP contribution in [-0.2, 0) is 9.53 Å². The number of aliphatic hydroxyl groups excluding tert-OH is 1. The number of carbonyl (C=O) groups excluding carboxylic acids is 1. The lowest BCUT2D eigenvalue weighted by Crippen LogP contribution is -2.29. The van der Waals surface area contributed by atoms with E-state index in [0.717, 1.165) is 64.2 Å². The highest BCUT2D eigenvalue weighted by Gasteiger charge is 2.23. The molecule has 21 heavy (non-hydrogen) atoms. The predicted octanol–water partition coefficient (Wildman–Crippen LogP) is 4.86. The molecule has 0 spiro atoms. The van der Waals surface area contributed by atoms with Crippen molar-refractivity contribution in [3.63, 3.8) is 0 Å². The van der Waals surface area contributed by atoms with Gasteiger partial charge in [-0.3, -0.25) is 4.79 Å². The van der Waals surface area contributed by atoms with Gasteiger partial charge in [0.15, 0.2) is 0 Å². The highest BCUT2D eigenvalue weighted by atomic mass is 16.5. The van der Waals surface area contributed by atoms with Gasteiger partial charge in [0, 0.05) is 18.9 Å². The number of carbonyl (C=O) groups is 1. The molecule has 2 atom stereocenters. The molecule has 0 fully saturated rings. The summed E-state index contributed by atoms with van der Waals surface area (Å²) in [6.07, 6.45) is 11.0. The molecule has 0 saturated carbocycles. The lowest BCUT2D eigenvalue weighted by Gasteiger charge is -2.26. The molecule has 0 aliphatic heterocycles. The molecule has 2 unspecified atom stereocenters. The SMILES string of the molecule is CCCCCC(=O)OC(CCCCC)C(CO)CCCC. The minimum absolute atomic E-state index is 0.0834. The van der Waals surface area contributed by atoms with Crippen LogP contribution >= 0.6 is 0 Å². The summed E-state index contributed by atoms with van der Waals surface area (Å²) in [5, 5.41) is 9.62. The first kappa shape index (κ1) is 20.4. The highest BCUT2D eigenvalue weighted by Crippen LogP contribution is 2.21.